The fraction of sp³-hybridized carbons (Fsp3) is 0.708. The summed E-state index contributed by atoms with van der Waals surface area (Å²) in [7, 11) is 3.17. The van der Waals surface area contributed by atoms with Gasteiger partial charge in [-0.3, -0.25) is 0 Å². The maximum absolute atomic E-state index is 12.3. The van der Waals surface area contributed by atoms with Gasteiger partial charge in [-0.2, -0.15) is 0 Å². The second-order valence-electron chi connectivity index (χ2n) is 8.84. The van der Waals surface area contributed by atoms with Crippen LogP contribution in [0.2, 0.25) is 0 Å². The lowest BCUT2D eigenvalue weighted by molar-refractivity contribution is -0.214. The van der Waals surface area contributed by atoms with Crippen molar-refractivity contribution >= 4 is 5.97 Å². The molecule has 1 aromatic carbocycles. The van der Waals surface area contributed by atoms with Crippen LogP contribution in [0.4, 0.5) is 0 Å². The summed E-state index contributed by atoms with van der Waals surface area (Å²) in [6, 6.07) is 3.63. The van der Waals surface area contributed by atoms with Crippen molar-refractivity contribution in [3.05, 3.63) is 23.3 Å². The molecule has 1 aromatic rings. The highest BCUT2D eigenvalue weighted by Gasteiger charge is 2.45. The average molecular weight is 419 g/mol. The molecule has 3 aliphatic rings. The predicted molar refractivity (Wildman–Crippen MR) is 112 cm³/mol. The summed E-state index contributed by atoms with van der Waals surface area (Å²) in [6.07, 6.45) is 11.2. The van der Waals surface area contributed by atoms with Crippen molar-refractivity contribution < 1.29 is 28.5 Å². The van der Waals surface area contributed by atoms with E-state index in [4.69, 9.17) is 23.7 Å². The van der Waals surface area contributed by atoms with Crippen LogP contribution in [0.5, 0.6) is 11.5 Å². The molecule has 3 aliphatic heterocycles. The molecule has 0 saturated carbocycles. The van der Waals surface area contributed by atoms with E-state index >= 15 is 0 Å². The largest absolute Gasteiger partial charge is 0.497 e. The molecule has 0 radical (unpaired) electrons. The number of carbonyl (C=O) groups is 1. The Bertz CT molecular complexity index is 762. The maximum atomic E-state index is 12.3. The van der Waals surface area contributed by atoms with Gasteiger partial charge in [0, 0.05) is 24.5 Å². The molecular weight excluding hydrogens is 384 g/mol. The molecule has 0 bridgehead atoms. The second kappa shape index (κ2) is 9.15. The van der Waals surface area contributed by atoms with E-state index in [9.17, 15) is 4.79 Å². The second-order valence-corrected chi connectivity index (χ2v) is 8.84. The van der Waals surface area contributed by atoms with Crippen LogP contribution in [-0.2, 0) is 14.2 Å². The summed E-state index contributed by atoms with van der Waals surface area (Å²) in [4.78, 5) is 12.3. The van der Waals surface area contributed by atoms with Crippen LogP contribution in [0.3, 0.4) is 0 Å². The highest BCUT2D eigenvalue weighted by molar-refractivity contribution is 5.97. The molecular formula is C24H34O6. The number of methoxy groups -OCH3 is 2. The van der Waals surface area contributed by atoms with Gasteiger partial charge in [-0.25, -0.2) is 4.79 Å². The molecule has 1 unspecified atom stereocenters. The van der Waals surface area contributed by atoms with Crippen molar-refractivity contribution in [2.75, 3.05) is 14.2 Å². The van der Waals surface area contributed by atoms with Crippen molar-refractivity contribution in [2.24, 2.45) is 0 Å². The molecule has 2 saturated heterocycles. The van der Waals surface area contributed by atoms with Gasteiger partial charge in [-0.15, -0.1) is 0 Å². The van der Waals surface area contributed by atoms with E-state index in [2.05, 4.69) is 6.92 Å². The molecule has 4 rings (SSSR count). The first-order valence-corrected chi connectivity index (χ1v) is 11.4. The summed E-state index contributed by atoms with van der Waals surface area (Å²) in [6.45, 7) is 2.14. The fourth-order valence-electron chi connectivity index (χ4n) is 5.07. The van der Waals surface area contributed by atoms with Crippen molar-refractivity contribution in [3.8, 4) is 11.5 Å². The summed E-state index contributed by atoms with van der Waals surface area (Å²) in [5, 5.41) is 0. The monoisotopic (exact) mass is 418 g/mol. The van der Waals surface area contributed by atoms with Crippen LogP contribution < -0.4 is 9.47 Å². The molecule has 6 heteroatoms. The average Bonchev–Trinajstić information content (AvgIpc) is 3.41. The zero-order valence-electron chi connectivity index (χ0n) is 18.4. The third-order valence-corrected chi connectivity index (χ3v) is 6.68. The highest BCUT2D eigenvalue weighted by atomic mass is 16.7. The Morgan fingerprint density at radius 3 is 2.47 bits per heavy atom. The Hall–Kier alpha value is -1.79. The first kappa shape index (κ1) is 21.4. The topological polar surface area (TPSA) is 63.2 Å². The Balaban J connectivity index is 1.19. The molecule has 166 valence electrons. The summed E-state index contributed by atoms with van der Waals surface area (Å²) in [5.74, 6) is 0.632. The molecule has 30 heavy (non-hydrogen) atoms. The summed E-state index contributed by atoms with van der Waals surface area (Å²) < 4.78 is 28.6. The standard InChI is InChI=1S/C24H34O6/c1-16-10-12-24(29-16)13-11-17(30-24)8-6-4-5-7-9-20-19-14-18(26-2)15-21(27-3)22(19)23(25)28-20/h14-17,20H,4-13H2,1-3H3/t16-,17-,20?,24+/m1/s1. The third-order valence-electron chi connectivity index (χ3n) is 6.68. The van der Waals surface area contributed by atoms with E-state index in [-0.39, 0.29) is 17.9 Å². The van der Waals surface area contributed by atoms with Gasteiger partial charge in [-0.05, 0) is 45.1 Å². The van der Waals surface area contributed by atoms with Crippen LogP contribution in [-0.4, -0.2) is 38.2 Å². The first-order valence-electron chi connectivity index (χ1n) is 11.4. The normalized spacial score (nSPS) is 30.0. The minimum atomic E-state index is -0.301. The Labute approximate surface area is 179 Å². The molecule has 6 nitrogen and oxygen atoms in total. The number of unbranched alkanes of at least 4 members (excludes halogenated alkanes) is 3. The zero-order valence-corrected chi connectivity index (χ0v) is 18.4. The van der Waals surface area contributed by atoms with Crippen LogP contribution >= 0.6 is 0 Å². The number of esters is 1. The lowest BCUT2D eigenvalue weighted by Gasteiger charge is -2.24. The number of hydrogen-bond acceptors (Lipinski definition) is 6. The first-order chi connectivity index (χ1) is 14.5. The molecule has 0 N–H and O–H groups in total. The van der Waals surface area contributed by atoms with Gasteiger partial charge in [0.2, 0.25) is 0 Å². The van der Waals surface area contributed by atoms with Gasteiger partial charge in [-0.1, -0.05) is 19.3 Å². The fourth-order valence-corrected chi connectivity index (χ4v) is 5.07. The molecule has 1 spiro atoms. The molecule has 0 amide bonds. The Kier molecular flexibility index (Phi) is 6.54. The SMILES string of the molecule is COc1cc(OC)c2c(c1)C(CCCCCC[C@@H]1CC[C@]3(CC[C@@H](C)O3)O1)OC2=O. The van der Waals surface area contributed by atoms with Crippen LogP contribution in [0, 0.1) is 0 Å². The summed E-state index contributed by atoms with van der Waals surface area (Å²) in [5.41, 5.74) is 1.42. The van der Waals surface area contributed by atoms with Gasteiger partial charge in [0.1, 0.15) is 23.2 Å². The minimum Gasteiger partial charge on any atom is -0.497 e. The van der Waals surface area contributed by atoms with Gasteiger partial charge in [0.05, 0.1) is 26.4 Å². The molecule has 3 heterocycles. The van der Waals surface area contributed by atoms with Crippen molar-refractivity contribution in [2.45, 2.75) is 95.2 Å². The number of fused-ring (bicyclic) bond motifs is 1. The number of benzene rings is 1. The smallest absolute Gasteiger partial charge is 0.342 e. The van der Waals surface area contributed by atoms with Crippen LogP contribution in [0.1, 0.15) is 93.2 Å². The van der Waals surface area contributed by atoms with Gasteiger partial charge >= 0.3 is 5.97 Å². The minimum absolute atomic E-state index is 0.212. The predicted octanol–water partition coefficient (Wildman–Crippen LogP) is 5.33. The Morgan fingerprint density at radius 2 is 1.77 bits per heavy atom. The maximum Gasteiger partial charge on any atom is 0.342 e. The van der Waals surface area contributed by atoms with E-state index in [1.165, 1.54) is 12.8 Å². The number of rotatable bonds is 9. The molecule has 4 atom stereocenters. The third kappa shape index (κ3) is 4.45. The quantitative estimate of drug-likeness (QED) is 0.399. The number of hydrogen-bond donors (Lipinski definition) is 0. The Morgan fingerprint density at radius 1 is 1.00 bits per heavy atom. The number of cyclic esters (lactones) is 1. The molecule has 0 aromatic heterocycles. The lowest BCUT2D eigenvalue weighted by Crippen LogP contribution is -2.28. The van der Waals surface area contributed by atoms with Gasteiger partial charge in [0.15, 0.2) is 5.79 Å². The van der Waals surface area contributed by atoms with E-state index in [1.807, 2.05) is 6.07 Å². The van der Waals surface area contributed by atoms with E-state index in [1.54, 1.807) is 20.3 Å². The zero-order chi connectivity index (χ0) is 21.1. The van der Waals surface area contributed by atoms with Crippen molar-refractivity contribution in [1.82, 2.24) is 0 Å². The van der Waals surface area contributed by atoms with Gasteiger partial charge in [0.25, 0.3) is 0 Å². The van der Waals surface area contributed by atoms with E-state index in [0.29, 0.717) is 29.3 Å². The number of carbonyl (C=O) groups excluding carboxylic acids is 1. The lowest BCUT2D eigenvalue weighted by atomic mass is 9.98. The van der Waals surface area contributed by atoms with Crippen LogP contribution in [0.15, 0.2) is 12.1 Å². The molecule has 2 fully saturated rings. The number of ether oxygens (including phenoxy) is 5. The van der Waals surface area contributed by atoms with Crippen molar-refractivity contribution in [3.63, 3.8) is 0 Å². The van der Waals surface area contributed by atoms with Crippen molar-refractivity contribution in [1.29, 1.82) is 0 Å². The van der Waals surface area contributed by atoms with Crippen LogP contribution in [0.25, 0.3) is 0 Å². The highest BCUT2D eigenvalue weighted by Crippen LogP contribution is 2.43. The van der Waals surface area contributed by atoms with E-state index < -0.39 is 0 Å². The molecule has 0 aliphatic carbocycles. The van der Waals surface area contributed by atoms with E-state index in [0.717, 1.165) is 56.9 Å². The van der Waals surface area contributed by atoms with Gasteiger partial charge < -0.3 is 23.7 Å². The summed E-state index contributed by atoms with van der Waals surface area (Å²) >= 11 is 0.